The number of carbonyl (C=O) groups is 1. The summed E-state index contributed by atoms with van der Waals surface area (Å²) >= 11 is 0. The maximum atomic E-state index is 10.4. The molecule has 0 aromatic heterocycles. The van der Waals surface area contributed by atoms with Gasteiger partial charge in [-0.1, -0.05) is 103 Å². The molecule has 0 saturated heterocycles. The first-order valence-corrected chi connectivity index (χ1v) is 10.6. The van der Waals surface area contributed by atoms with Crippen LogP contribution < -0.4 is 0 Å². The maximum Gasteiger partial charge on any atom is 0.303 e. The van der Waals surface area contributed by atoms with Crippen LogP contribution >= 0.6 is 0 Å². The molecule has 3 nitrogen and oxygen atoms in total. The van der Waals surface area contributed by atoms with Gasteiger partial charge in [0.2, 0.25) is 0 Å². The van der Waals surface area contributed by atoms with E-state index in [-0.39, 0.29) is 6.42 Å². The quantitative estimate of drug-likeness (QED) is 0.264. The van der Waals surface area contributed by atoms with Crippen LogP contribution in [0.1, 0.15) is 122 Å². The second kappa shape index (κ2) is 18.8. The highest BCUT2D eigenvalue weighted by molar-refractivity contribution is 5.66. The largest absolute Gasteiger partial charge is 0.481 e. The highest BCUT2D eigenvalue weighted by Crippen LogP contribution is 2.14. The van der Waals surface area contributed by atoms with Crippen LogP contribution in [0.25, 0.3) is 0 Å². The number of carboxylic acids is 1. The van der Waals surface area contributed by atoms with Crippen LogP contribution in [0.2, 0.25) is 0 Å². The third-order valence-corrected chi connectivity index (χ3v) is 4.83. The Kier molecular flexibility index (Phi) is 18.3. The molecular formula is C21H42O3. The summed E-state index contributed by atoms with van der Waals surface area (Å²) in [7, 11) is 0. The highest BCUT2D eigenvalue weighted by atomic mass is 16.4. The van der Waals surface area contributed by atoms with E-state index in [1.807, 2.05) is 0 Å². The van der Waals surface area contributed by atoms with Gasteiger partial charge in [0, 0.05) is 6.42 Å². The normalized spacial score (nSPS) is 12.4. The predicted octanol–water partition coefficient (Wildman–Crippen LogP) is 6.47. The van der Waals surface area contributed by atoms with E-state index >= 15 is 0 Å². The zero-order valence-corrected chi connectivity index (χ0v) is 16.1. The van der Waals surface area contributed by atoms with E-state index < -0.39 is 12.1 Å². The summed E-state index contributed by atoms with van der Waals surface area (Å²) in [5.41, 5.74) is 0. The van der Waals surface area contributed by atoms with Gasteiger partial charge < -0.3 is 10.2 Å². The molecule has 1 unspecified atom stereocenters. The van der Waals surface area contributed by atoms with Crippen LogP contribution in [0.3, 0.4) is 0 Å². The van der Waals surface area contributed by atoms with Crippen molar-refractivity contribution in [3.05, 3.63) is 0 Å². The summed E-state index contributed by atoms with van der Waals surface area (Å²) in [6.45, 7) is 2.27. The summed E-state index contributed by atoms with van der Waals surface area (Å²) in [4.78, 5) is 10.4. The Balaban J connectivity index is 3.08. The van der Waals surface area contributed by atoms with Crippen LogP contribution in [0.15, 0.2) is 0 Å². The van der Waals surface area contributed by atoms with Crippen molar-refractivity contribution >= 4 is 5.97 Å². The van der Waals surface area contributed by atoms with Gasteiger partial charge in [0.15, 0.2) is 0 Å². The number of hydrogen-bond acceptors (Lipinski definition) is 2. The van der Waals surface area contributed by atoms with Crippen LogP contribution in [-0.2, 0) is 4.79 Å². The fraction of sp³-hybridized carbons (Fsp3) is 0.952. The Bertz CT molecular complexity index is 266. The Morgan fingerprint density at radius 2 is 1.04 bits per heavy atom. The van der Waals surface area contributed by atoms with Gasteiger partial charge >= 0.3 is 5.97 Å². The van der Waals surface area contributed by atoms with Crippen LogP contribution in [0.4, 0.5) is 0 Å². The molecule has 1 atom stereocenters. The van der Waals surface area contributed by atoms with Crippen molar-refractivity contribution in [3.63, 3.8) is 0 Å². The van der Waals surface area contributed by atoms with Gasteiger partial charge in [0.25, 0.3) is 0 Å². The van der Waals surface area contributed by atoms with E-state index in [0.29, 0.717) is 6.42 Å². The summed E-state index contributed by atoms with van der Waals surface area (Å²) in [6, 6.07) is 0. The lowest BCUT2D eigenvalue weighted by Crippen LogP contribution is -2.09. The number of hydrogen-bond donors (Lipinski definition) is 2. The molecule has 0 saturated carbocycles. The van der Waals surface area contributed by atoms with E-state index in [4.69, 9.17) is 5.11 Å². The Morgan fingerprint density at radius 3 is 1.42 bits per heavy atom. The summed E-state index contributed by atoms with van der Waals surface area (Å²) in [5.74, 6) is -0.814. The number of carboxylic acid groups (broad SMARTS) is 1. The zero-order valence-electron chi connectivity index (χ0n) is 16.1. The number of aliphatic hydroxyl groups excluding tert-OH is 1. The lowest BCUT2D eigenvalue weighted by molar-refractivity contribution is -0.137. The average Bonchev–Trinajstić information content (AvgIpc) is 2.56. The molecule has 0 heterocycles. The van der Waals surface area contributed by atoms with Crippen molar-refractivity contribution in [1.82, 2.24) is 0 Å². The molecular weight excluding hydrogens is 300 g/mol. The smallest absolute Gasteiger partial charge is 0.303 e. The lowest BCUT2D eigenvalue weighted by atomic mass is 10.0. The van der Waals surface area contributed by atoms with Gasteiger partial charge in [0.05, 0.1) is 6.10 Å². The number of unbranched alkanes of at least 4 members (excludes halogenated alkanes) is 14. The first kappa shape index (κ1) is 23.4. The Hall–Kier alpha value is -0.570. The average molecular weight is 343 g/mol. The van der Waals surface area contributed by atoms with Crippen molar-refractivity contribution in [2.24, 2.45) is 0 Å². The van der Waals surface area contributed by atoms with Crippen molar-refractivity contribution in [2.45, 2.75) is 129 Å². The van der Waals surface area contributed by atoms with Gasteiger partial charge in [-0.3, -0.25) is 4.79 Å². The summed E-state index contributed by atoms with van der Waals surface area (Å²) in [6.07, 6.45) is 20.9. The molecule has 3 heteroatoms. The van der Waals surface area contributed by atoms with Crippen LogP contribution in [-0.4, -0.2) is 22.3 Å². The van der Waals surface area contributed by atoms with Gasteiger partial charge in [-0.2, -0.15) is 0 Å². The van der Waals surface area contributed by atoms with E-state index in [9.17, 15) is 9.90 Å². The van der Waals surface area contributed by atoms with Crippen molar-refractivity contribution in [1.29, 1.82) is 0 Å². The summed E-state index contributed by atoms with van der Waals surface area (Å²) in [5, 5.41) is 18.2. The van der Waals surface area contributed by atoms with Crippen molar-refractivity contribution in [3.8, 4) is 0 Å². The molecule has 144 valence electrons. The third-order valence-electron chi connectivity index (χ3n) is 4.83. The Morgan fingerprint density at radius 1 is 0.667 bits per heavy atom. The topological polar surface area (TPSA) is 57.5 Å². The fourth-order valence-corrected chi connectivity index (χ4v) is 3.19. The maximum absolute atomic E-state index is 10.4. The molecule has 0 aromatic rings. The van der Waals surface area contributed by atoms with E-state index in [0.717, 1.165) is 12.8 Å². The van der Waals surface area contributed by atoms with Crippen LogP contribution in [0, 0.1) is 0 Å². The molecule has 0 fully saturated rings. The van der Waals surface area contributed by atoms with Gasteiger partial charge in [0.1, 0.15) is 0 Å². The van der Waals surface area contributed by atoms with E-state index in [2.05, 4.69) is 6.92 Å². The van der Waals surface area contributed by atoms with E-state index in [1.165, 1.54) is 89.9 Å². The molecule has 0 aliphatic heterocycles. The number of rotatable bonds is 19. The molecule has 0 amide bonds. The van der Waals surface area contributed by atoms with E-state index in [1.54, 1.807) is 0 Å². The zero-order chi connectivity index (χ0) is 17.9. The monoisotopic (exact) mass is 342 g/mol. The van der Waals surface area contributed by atoms with Gasteiger partial charge in [-0.15, -0.1) is 0 Å². The minimum atomic E-state index is -0.814. The first-order chi connectivity index (χ1) is 11.7. The predicted molar refractivity (Wildman–Crippen MR) is 102 cm³/mol. The minimum absolute atomic E-state index is 0.0832. The number of aliphatic hydroxyl groups is 1. The van der Waals surface area contributed by atoms with Crippen molar-refractivity contribution < 1.29 is 15.0 Å². The number of aliphatic carboxylic acids is 1. The molecule has 0 rings (SSSR count). The molecule has 0 radical (unpaired) electrons. The first-order valence-electron chi connectivity index (χ1n) is 10.6. The molecule has 2 N–H and O–H groups in total. The molecule has 0 aliphatic carbocycles. The SMILES string of the molecule is CCCCCCCCCCCCCCCCCC(O)CCC(=O)O. The molecule has 24 heavy (non-hydrogen) atoms. The third kappa shape index (κ3) is 19.5. The van der Waals surface area contributed by atoms with Crippen LogP contribution in [0.5, 0.6) is 0 Å². The summed E-state index contributed by atoms with van der Waals surface area (Å²) < 4.78 is 0. The van der Waals surface area contributed by atoms with Crippen molar-refractivity contribution in [2.75, 3.05) is 0 Å². The lowest BCUT2D eigenvalue weighted by Gasteiger charge is -2.08. The molecule has 0 aliphatic rings. The second-order valence-corrected chi connectivity index (χ2v) is 7.32. The van der Waals surface area contributed by atoms with Gasteiger partial charge in [-0.05, 0) is 12.8 Å². The second-order valence-electron chi connectivity index (χ2n) is 7.32. The standard InChI is InChI=1S/C21H42O3/c1-2-3-4-5-6-7-8-9-10-11-12-13-14-15-16-17-20(22)18-19-21(23)24/h20,22H,2-19H2,1H3,(H,23,24). The molecule has 0 bridgehead atoms. The minimum Gasteiger partial charge on any atom is -0.481 e. The molecule has 0 spiro atoms. The fourth-order valence-electron chi connectivity index (χ4n) is 3.19. The highest BCUT2D eigenvalue weighted by Gasteiger charge is 2.06. The Labute approximate surface area is 150 Å². The molecule has 0 aromatic carbocycles. The van der Waals surface area contributed by atoms with Gasteiger partial charge in [-0.25, -0.2) is 0 Å².